The first kappa shape index (κ1) is 20.1. The number of aryl methyl sites for hydroxylation is 1. The minimum Gasteiger partial charge on any atom is -0.464 e. The number of carbonyl (C=O) groups excluding carboxylic acids is 2. The minimum absolute atomic E-state index is 0.183. The van der Waals surface area contributed by atoms with Crippen molar-refractivity contribution in [1.29, 1.82) is 0 Å². The van der Waals surface area contributed by atoms with Crippen molar-refractivity contribution < 1.29 is 28.2 Å². The highest BCUT2D eigenvalue weighted by Gasteiger charge is 2.24. The van der Waals surface area contributed by atoms with Gasteiger partial charge in [-0.05, 0) is 29.8 Å². The van der Waals surface area contributed by atoms with Crippen molar-refractivity contribution in [2.75, 3.05) is 17.7 Å². The van der Waals surface area contributed by atoms with Gasteiger partial charge in [-0.25, -0.2) is 9.78 Å². The van der Waals surface area contributed by atoms with Crippen molar-refractivity contribution in [3.63, 3.8) is 0 Å². The summed E-state index contributed by atoms with van der Waals surface area (Å²) in [6.45, 7) is -1.54. The van der Waals surface area contributed by atoms with Crippen LogP contribution in [0.5, 0.6) is 11.5 Å². The molecule has 0 aliphatic carbocycles. The van der Waals surface area contributed by atoms with E-state index in [0.29, 0.717) is 23.6 Å². The Balaban J connectivity index is 1.47. The monoisotopic (exact) mass is 427 g/mol. The lowest BCUT2D eigenvalue weighted by Crippen LogP contribution is -2.15. The zero-order valence-corrected chi connectivity index (χ0v) is 16.6. The van der Waals surface area contributed by atoms with E-state index in [-0.39, 0.29) is 17.2 Å². The molecule has 3 heterocycles. The predicted octanol–water partition coefficient (Wildman–Crippen LogP) is 2.49. The second-order valence-corrected chi connectivity index (χ2v) is 6.55. The molecule has 1 aliphatic heterocycles. The van der Waals surface area contributed by atoms with Gasteiger partial charge >= 0.3 is 12.5 Å². The lowest BCUT2D eigenvalue weighted by atomic mass is 10.2. The fraction of sp³-hybridized carbons (Fsp3) is 0.200. The largest absolute Gasteiger partial charge is 0.464 e. The predicted molar refractivity (Wildman–Crippen MR) is 107 cm³/mol. The summed E-state index contributed by atoms with van der Waals surface area (Å²) in [5.41, 5.74) is 1.65. The summed E-state index contributed by atoms with van der Waals surface area (Å²) >= 11 is 0. The maximum Gasteiger partial charge on any atom is 0.397 e. The van der Waals surface area contributed by atoms with Crippen LogP contribution in [-0.2, 0) is 18.3 Å². The van der Waals surface area contributed by atoms with Crippen LogP contribution in [0, 0.1) is 0 Å². The van der Waals surface area contributed by atoms with Crippen LogP contribution in [0.1, 0.15) is 26.4 Å². The van der Waals surface area contributed by atoms with Gasteiger partial charge in [0.15, 0.2) is 11.5 Å². The van der Waals surface area contributed by atoms with E-state index in [1.807, 2.05) is 0 Å². The van der Waals surface area contributed by atoms with Gasteiger partial charge in [0.05, 0.1) is 13.3 Å². The molecule has 1 aromatic carbocycles. The van der Waals surface area contributed by atoms with Crippen molar-refractivity contribution in [1.82, 2.24) is 14.8 Å². The topological polar surface area (TPSA) is 117 Å². The summed E-state index contributed by atoms with van der Waals surface area (Å²) in [6, 6.07) is 7.89. The Morgan fingerprint density at radius 1 is 1.23 bits per heavy atom. The van der Waals surface area contributed by atoms with Gasteiger partial charge < -0.3 is 24.8 Å². The maximum atomic E-state index is 13.2. The number of rotatable bonds is 6. The van der Waals surface area contributed by atoms with Gasteiger partial charge in [0.1, 0.15) is 17.1 Å². The van der Waals surface area contributed by atoms with E-state index in [1.165, 1.54) is 36.3 Å². The molecule has 1 unspecified atom stereocenters. The summed E-state index contributed by atoms with van der Waals surface area (Å²) in [5, 5.41) is 10.00. The van der Waals surface area contributed by atoms with Crippen molar-refractivity contribution >= 4 is 23.4 Å². The zero-order valence-electron chi connectivity index (χ0n) is 16.6. The Labute approximate surface area is 175 Å². The third kappa shape index (κ3) is 4.25. The number of benzene rings is 1. The maximum absolute atomic E-state index is 13.2. The van der Waals surface area contributed by atoms with Crippen LogP contribution in [0.15, 0.2) is 42.7 Å². The number of nitrogens with zero attached hydrogens (tertiary/aromatic N) is 3. The lowest BCUT2D eigenvalue weighted by molar-refractivity contribution is -0.0652. The first-order chi connectivity index (χ1) is 14.9. The second-order valence-electron chi connectivity index (χ2n) is 6.55. The number of anilines is 2. The molecule has 3 aromatic rings. The van der Waals surface area contributed by atoms with Gasteiger partial charge in [-0.15, -0.1) is 0 Å². The van der Waals surface area contributed by atoms with E-state index in [4.69, 9.17) is 9.47 Å². The zero-order chi connectivity index (χ0) is 22.0. The first-order valence-electron chi connectivity index (χ1n) is 9.16. The van der Waals surface area contributed by atoms with Crippen LogP contribution in [-0.4, -0.2) is 40.3 Å². The van der Waals surface area contributed by atoms with Crippen LogP contribution < -0.4 is 20.1 Å². The molecule has 2 aromatic heterocycles. The molecule has 1 atom stereocenters. The highest BCUT2D eigenvalue weighted by molar-refractivity contribution is 6.07. The van der Waals surface area contributed by atoms with E-state index in [1.54, 1.807) is 25.2 Å². The molecule has 10 nitrogen and oxygen atoms in total. The Kier molecular flexibility index (Phi) is 5.39. The molecular formula is C20H18FN5O5. The Morgan fingerprint density at radius 2 is 2.03 bits per heavy atom. The number of nitrogens with one attached hydrogen (secondary N) is 2. The van der Waals surface area contributed by atoms with Gasteiger partial charge in [-0.1, -0.05) is 0 Å². The number of amides is 1. The molecule has 1 amide bonds. The fourth-order valence-electron chi connectivity index (χ4n) is 3.00. The number of alkyl halides is 1. The van der Waals surface area contributed by atoms with E-state index < -0.39 is 18.4 Å². The molecule has 2 N–H and O–H groups in total. The summed E-state index contributed by atoms with van der Waals surface area (Å²) in [6.07, 6.45) is 2.93. The van der Waals surface area contributed by atoms with Crippen molar-refractivity contribution in [3.05, 3.63) is 59.5 Å². The SMILES string of the molecule is COC(=O)c1cc(CNc2c(C(=O)Nc3ccc4c(c3)OC(F)O4)cnn2C)ccn1. The highest BCUT2D eigenvalue weighted by Crippen LogP contribution is 2.37. The van der Waals surface area contributed by atoms with Gasteiger partial charge in [-0.3, -0.25) is 9.48 Å². The van der Waals surface area contributed by atoms with Crippen molar-refractivity contribution in [2.45, 2.75) is 13.1 Å². The molecule has 11 heteroatoms. The van der Waals surface area contributed by atoms with Gasteiger partial charge in [0.2, 0.25) is 0 Å². The van der Waals surface area contributed by atoms with Crippen LogP contribution in [0.25, 0.3) is 0 Å². The van der Waals surface area contributed by atoms with E-state index in [0.717, 1.165) is 5.56 Å². The van der Waals surface area contributed by atoms with Crippen molar-refractivity contribution in [2.24, 2.45) is 7.05 Å². The smallest absolute Gasteiger partial charge is 0.397 e. The van der Waals surface area contributed by atoms with Gasteiger partial charge in [-0.2, -0.15) is 9.49 Å². The molecular weight excluding hydrogens is 409 g/mol. The number of halogens is 1. The summed E-state index contributed by atoms with van der Waals surface area (Å²) < 4.78 is 29.1. The van der Waals surface area contributed by atoms with E-state index in [2.05, 4.69) is 25.5 Å². The Morgan fingerprint density at radius 3 is 2.84 bits per heavy atom. The summed E-state index contributed by atoms with van der Waals surface area (Å²) in [5.74, 6) is -0.0214. The van der Waals surface area contributed by atoms with E-state index in [9.17, 15) is 14.0 Å². The second kappa shape index (κ2) is 8.30. The number of hydrogen-bond donors (Lipinski definition) is 2. The number of carbonyl (C=O) groups is 2. The fourth-order valence-corrected chi connectivity index (χ4v) is 3.00. The number of aromatic nitrogens is 3. The van der Waals surface area contributed by atoms with Gasteiger partial charge in [0, 0.05) is 31.5 Å². The molecule has 0 spiro atoms. The molecule has 0 saturated carbocycles. The molecule has 0 saturated heterocycles. The molecule has 0 bridgehead atoms. The Hall–Kier alpha value is -4.15. The van der Waals surface area contributed by atoms with Crippen LogP contribution >= 0.6 is 0 Å². The molecule has 4 rings (SSSR count). The van der Waals surface area contributed by atoms with Gasteiger partial charge in [0.25, 0.3) is 5.91 Å². The first-order valence-corrected chi connectivity index (χ1v) is 9.16. The van der Waals surface area contributed by atoms with Crippen LogP contribution in [0.2, 0.25) is 0 Å². The lowest BCUT2D eigenvalue weighted by Gasteiger charge is -2.11. The molecule has 31 heavy (non-hydrogen) atoms. The van der Waals surface area contributed by atoms with Crippen molar-refractivity contribution in [3.8, 4) is 11.5 Å². The Bertz CT molecular complexity index is 1150. The quantitative estimate of drug-likeness (QED) is 0.577. The standard InChI is InChI=1S/C20H18FN5O5/c1-26-17(23-9-11-5-6-22-14(7-11)19(28)29-2)13(10-24-26)18(27)25-12-3-4-15-16(8-12)31-20(21)30-15/h3-8,10,20,23H,9H2,1-2H3,(H,25,27). The number of pyridine rings is 1. The number of esters is 1. The normalized spacial score (nSPS) is 14.2. The van der Waals surface area contributed by atoms with E-state index >= 15 is 0 Å². The summed E-state index contributed by atoms with van der Waals surface area (Å²) in [7, 11) is 2.97. The average Bonchev–Trinajstić information content (AvgIpc) is 3.32. The number of ether oxygens (including phenoxy) is 3. The van der Waals surface area contributed by atoms with Crippen LogP contribution in [0.3, 0.4) is 0 Å². The number of fused-ring (bicyclic) bond motifs is 1. The number of methoxy groups -OCH3 is 1. The average molecular weight is 427 g/mol. The third-order valence-corrected chi connectivity index (χ3v) is 4.50. The number of hydrogen-bond acceptors (Lipinski definition) is 8. The third-order valence-electron chi connectivity index (χ3n) is 4.50. The highest BCUT2D eigenvalue weighted by atomic mass is 19.2. The molecule has 1 aliphatic rings. The minimum atomic E-state index is -1.86. The van der Waals surface area contributed by atoms with Crippen LogP contribution in [0.4, 0.5) is 15.9 Å². The molecule has 0 fully saturated rings. The molecule has 160 valence electrons. The summed E-state index contributed by atoms with van der Waals surface area (Å²) in [4.78, 5) is 28.4. The molecule has 0 radical (unpaired) electrons.